The first-order chi connectivity index (χ1) is 8.42. The molecular weight excluding hydrogens is 252 g/mol. The predicted molar refractivity (Wildman–Crippen MR) is 65.3 cm³/mol. The van der Waals surface area contributed by atoms with Crippen LogP contribution in [0.5, 0.6) is 5.75 Å². The third-order valence-electron chi connectivity index (χ3n) is 2.16. The van der Waals surface area contributed by atoms with E-state index in [1.807, 2.05) is 0 Å². The molecule has 0 unspecified atom stereocenters. The van der Waals surface area contributed by atoms with E-state index in [0.29, 0.717) is 5.75 Å². The Kier molecular flexibility index (Phi) is 4.09. The lowest BCUT2D eigenvalue weighted by Gasteiger charge is -2.06. The number of allylic oxidation sites excluding steroid dienone is 1. The van der Waals surface area contributed by atoms with E-state index in [9.17, 15) is 8.42 Å². The van der Waals surface area contributed by atoms with Crippen LogP contribution in [0, 0.1) is 22.7 Å². The summed E-state index contributed by atoms with van der Waals surface area (Å²) in [5.74, 6) is 0.392. The van der Waals surface area contributed by atoms with Crippen molar-refractivity contribution in [3.8, 4) is 17.9 Å². The first-order valence-electron chi connectivity index (χ1n) is 4.82. The minimum Gasteiger partial charge on any atom is -0.497 e. The van der Waals surface area contributed by atoms with Crippen LogP contribution in [0.25, 0.3) is 6.08 Å². The first kappa shape index (κ1) is 13.8. The van der Waals surface area contributed by atoms with Crippen molar-refractivity contribution in [2.75, 3.05) is 13.4 Å². The predicted octanol–water partition coefficient (Wildman–Crippen LogP) is 1.53. The van der Waals surface area contributed by atoms with Gasteiger partial charge in [0.05, 0.1) is 12.0 Å². The van der Waals surface area contributed by atoms with Crippen molar-refractivity contribution in [2.45, 2.75) is 4.90 Å². The molecule has 0 spiro atoms. The smallest absolute Gasteiger partial charge is 0.176 e. The molecule has 0 bridgehead atoms. The van der Waals surface area contributed by atoms with E-state index < -0.39 is 9.84 Å². The molecule has 0 aromatic heterocycles. The summed E-state index contributed by atoms with van der Waals surface area (Å²) in [5, 5.41) is 17.3. The van der Waals surface area contributed by atoms with Crippen molar-refractivity contribution in [1.82, 2.24) is 0 Å². The van der Waals surface area contributed by atoms with Gasteiger partial charge in [0.15, 0.2) is 9.84 Å². The Balaban J connectivity index is 3.53. The van der Waals surface area contributed by atoms with Crippen LogP contribution in [0.1, 0.15) is 5.56 Å². The van der Waals surface area contributed by atoms with Gasteiger partial charge in [0.1, 0.15) is 23.5 Å². The second-order valence-electron chi connectivity index (χ2n) is 3.46. The summed E-state index contributed by atoms with van der Waals surface area (Å²) in [5.41, 5.74) is 0.126. The van der Waals surface area contributed by atoms with Crippen molar-refractivity contribution in [3.63, 3.8) is 0 Å². The summed E-state index contributed by atoms with van der Waals surface area (Å²) in [4.78, 5) is 0.0184. The van der Waals surface area contributed by atoms with E-state index in [1.165, 1.54) is 25.3 Å². The van der Waals surface area contributed by atoms with Gasteiger partial charge in [-0.05, 0) is 29.8 Å². The van der Waals surface area contributed by atoms with Gasteiger partial charge in [-0.1, -0.05) is 0 Å². The normalized spacial score (nSPS) is 10.0. The number of rotatable bonds is 3. The van der Waals surface area contributed by atoms with Gasteiger partial charge < -0.3 is 4.74 Å². The van der Waals surface area contributed by atoms with Crippen LogP contribution < -0.4 is 4.74 Å². The van der Waals surface area contributed by atoms with Gasteiger partial charge in [0, 0.05) is 6.26 Å². The fraction of sp³-hybridized carbons (Fsp3) is 0.167. The van der Waals surface area contributed by atoms with Gasteiger partial charge in [0.25, 0.3) is 0 Å². The molecule has 18 heavy (non-hydrogen) atoms. The molecular formula is C12H10N2O3S. The number of nitriles is 2. The van der Waals surface area contributed by atoms with Gasteiger partial charge in [-0.2, -0.15) is 10.5 Å². The first-order valence-corrected chi connectivity index (χ1v) is 6.71. The molecule has 0 heterocycles. The maximum atomic E-state index is 11.6. The highest BCUT2D eigenvalue weighted by Gasteiger charge is 2.13. The molecule has 0 radical (unpaired) electrons. The standard InChI is InChI=1S/C12H10N2O3S/c1-17-11-4-3-10(5-9(7-13)8-14)12(6-11)18(2,15)16/h3-6H,1-2H3. The summed E-state index contributed by atoms with van der Waals surface area (Å²) >= 11 is 0. The lowest BCUT2D eigenvalue weighted by Crippen LogP contribution is -2.01. The minimum atomic E-state index is -3.47. The highest BCUT2D eigenvalue weighted by atomic mass is 32.2. The Bertz CT molecular complexity index is 660. The van der Waals surface area contributed by atoms with E-state index in [4.69, 9.17) is 15.3 Å². The topological polar surface area (TPSA) is 90.9 Å². The zero-order valence-corrected chi connectivity index (χ0v) is 10.7. The Morgan fingerprint density at radius 1 is 1.33 bits per heavy atom. The van der Waals surface area contributed by atoms with Crippen molar-refractivity contribution in [2.24, 2.45) is 0 Å². The third-order valence-corrected chi connectivity index (χ3v) is 3.31. The van der Waals surface area contributed by atoms with Crippen LogP contribution in [0.3, 0.4) is 0 Å². The molecule has 0 saturated carbocycles. The van der Waals surface area contributed by atoms with Gasteiger partial charge in [-0.3, -0.25) is 0 Å². The minimum absolute atomic E-state index is 0.0184. The average Bonchev–Trinajstić information content (AvgIpc) is 2.34. The Morgan fingerprint density at radius 2 is 1.94 bits per heavy atom. The molecule has 0 amide bonds. The second-order valence-corrected chi connectivity index (χ2v) is 5.44. The zero-order valence-electron chi connectivity index (χ0n) is 9.84. The third kappa shape index (κ3) is 3.09. The zero-order chi connectivity index (χ0) is 13.8. The fourth-order valence-electron chi connectivity index (χ4n) is 1.33. The fourth-order valence-corrected chi connectivity index (χ4v) is 2.21. The van der Waals surface area contributed by atoms with Crippen molar-refractivity contribution in [3.05, 3.63) is 29.3 Å². The molecule has 92 valence electrons. The number of nitrogens with zero attached hydrogens (tertiary/aromatic N) is 2. The molecule has 0 fully saturated rings. The van der Waals surface area contributed by atoms with Crippen molar-refractivity contribution >= 4 is 15.9 Å². The van der Waals surface area contributed by atoms with Crippen LogP contribution >= 0.6 is 0 Å². The van der Waals surface area contributed by atoms with Gasteiger partial charge in [-0.15, -0.1) is 0 Å². The maximum Gasteiger partial charge on any atom is 0.176 e. The molecule has 0 aliphatic heterocycles. The molecule has 5 nitrogen and oxygen atoms in total. The summed E-state index contributed by atoms with van der Waals surface area (Å²) < 4.78 is 28.2. The van der Waals surface area contributed by atoms with E-state index in [1.54, 1.807) is 18.2 Å². The van der Waals surface area contributed by atoms with Crippen molar-refractivity contribution in [1.29, 1.82) is 10.5 Å². The van der Waals surface area contributed by atoms with E-state index in [-0.39, 0.29) is 16.0 Å². The molecule has 0 aliphatic rings. The Morgan fingerprint density at radius 3 is 2.39 bits per heavy atom. The Hall–Kier alpha value is -2.31. The highest BCUT2D eigenvalue weighted by Crippen LogP contribution is 2.24. The SMILES string of the molecule is COc1ccc(C=C(C#N)C#N)c(S(C)(=O)=O)c1. The maximum absolute atomic E-state index is 11.6. The molecule has 1 rings (SSSR count). The summed E-state index contributed by atoms with van der Waals surface area (Å²) in [6.45, 7) is 0. The number of ether oxygens (including phenoxy) is 1. The van der Waals surface area contributed by atoms with Crippen molar-refractivity contribution < 1.29 is 13.2 Å². The van der Waals surface area contributed by atoms with Crippen LogP contribution in [-0.2, 0) is 9.84 Å². The lowest BCUT2D eigenvalue weighted by atomic mass is 10.1. The van der Waals surface area contributed by atoms with Crippen LogP contribution in [0.2, 0.25) is 0 Å². The van der Waals surface area contributed by atoms with Crippen LogP contribution in [-0.4, -0.2) is 21.8 Å². The van der Waals surface area contributed by atoms with E-state index in [0.717, 1.165) is 6.26 Å². The molecule has 1 aromatic rings. The second kappa shape index (κ2) is 5.35. The largest absolute Gasteiger partial charge is 0.497 e. The number of sulfone groups is 1. The molecule has 0 atom stereocenters. The number of hydrogen-bond donors (Lipinski definition) is 0. The number of hydrogen-bond acceptors (Lipinski definition) is 5. The van der Waals surface area contributed by atoms with Gasteiger partial charge >= 0.3 is 0 Å². The Labute approximate surface area is 105 Å². The highest BCUT2D eigenvalue weighted by molar-refractivity contribution is 7.90. The molecule has 1 aromatic carbocycles. The molecule has 0 N–H and O–H groups in total. The van der Waals surface area contributed by atoms with Crippen LogP contribution in [0.4, 0.5) is 0 Å². The lowest BCUT2D eigenvalue weighted by molar-refractivity contribution is 0.413. The number of methoxy groups -OCH3 is 1. The summed E-state index contributed by atoms with van der Waals surface area (Å²) in [6.07, 6.45) is 2.29. The molecule has 0 aliphatic carbocycles. The van der Waals surface area contributed by atoms with Gasteiger partial charge in [0.2, 0.25) is 0 Å². The summed E-state index contributed by atoms with van der Waals surface area (Å²) in [6, 6.07) is 7.77. The number of benzene rings is 1. The van der Waals surface area contributed by atoms with E-state index >= 15 is 0 Å². The summed E-state index contributed by atoms with van der Waals surface area (Å²) in [7, 11) is -2.05. The quantitative estimate of drug-likeness (QED) is 0.770. The average molecular weight is 262 g/mol. The van der Waals surface area contributed by atoms with Gasteiger partial charge in [-0.25, -0.2) is 8.42 Å². The molecule has 0 saturated heterocycles. The van der Waals surface area contributed by atoms with Crippen LogP contribution in [0.15, 0.2) is 28.7 Å². The monoisotopic (exact) mass is 262 g/mol. The molecule has 6 heteroatoms. The van der Waals surface area contributed by atoms with E-state index in [2.05, 4.69) is 0 Å².